The quantitative estimate of drug-likeness (QED) is 0.624. The van der Waals surface area contributed by atoms with E-state index in [0.717, 1.165) is 18.3 Å². The van der Waals surface area contributed by atoms with Crippen molar-refractivity contribution in [2.24, 2.45) is 17.8 Å². The highest BCUT2D eigenvalue weighted by atomic mass is 16.7. The van der Waals surface area contributed by atoms with Gasteiger partial charge in [0, 0.05) is 12.5 Å². The van der Waals surface area contributed by atoms with Gasteiger partial charge in [-0.05, 0) is 37.0 Å². The van der Waals surface area contributed by atoms with Gasteiger partial charge in [-0.25, -0.2) is 4.79 Å². The molecule has 4 nitrogen and oxygen atoms in total. The Bertz CT molecular complexity index is 250. The van der Waals surface area contributed by atoms with Gasteiger partial charge in [0.1, 0.15) is 0 Å². The van der Waals surface area contributed by atoms with Crippen LogP contribution in [0.25, 0.3) is 0 Å². The first-order chi connectivity index (χ1) is 6.74. The van der Waals surface area contributed by atoms with E-state index in [1.165, 1.54) is 19.3 Å². The minimum atomic E-state index is -1.16. The van der Waals surface area contributed by atoms with Crippen LogP contribution in [-0.4, -0.2) is 23.5 Å². The third kappa shape index (κ3) is 1.13. The van der Waals surface area contributed by atoms with Crippen molar-refractivity contribution in [3.63, 3.8) is 0 Å². The third-order valence-corrected chi connectivity index (χ3v) is 4.20. The van der Waals surface area contributed by atoms with Crippen molar-refractivity contribution in [2.75, 3.05) is 0 Å². The van der Waals surface area contributed by atoms with Gasteiger partial charge in [-0.15, -0.1) is 0 Å². The highest BCUT2D eigenvalue weighted by Gasteiger charge is 2.52. The number of carbonyl (C=O) groups is 1. The summed E-state index contributed by atoms with van der Waals surface area (Å²) in [5.41, 5.74) is 0. The van der Waals surface area contributed by atoms with Crippen molar-refractivity contribution in [1.29, 1.82) is 0 Å². The molecule has 1 saturated heterocycles. The average molecular weight is 197 g/mol. The van der Waals surface area contributed by atoms with Gasteiger partial charge in [0.05, 0.1) is 0 Å². The lowest BCUT2D eigenvalue weighted by Gasteiger charge is -2.23. The molecule has 0 spiro atoms. The van der Waals surface area contributed by atoms with Gasteiger partial charge in [-0.1, -0.05) is 0 Å². The summed E-state index contributed by atoms with van der Waals surface area (Å²) in [6, 6.07) is 0.540. The molecular formula is C10H15NO3. The summed E-state index contributed by atoms with van der Waals surface area (Å²) in [5.74, 6) is 2.30. The summed E-state index contributed by atoms with van der Waals surface area (Å²) in [4.78, 5) is 10.4. The van der Waals surface area contributed by atoms with Crippen LogP contribution in [-0.2, 0) is 4.74 Å². The Morgan fingerprint density at radius 2 is 2.07 bits per heavy atom. The van der Waals surface area contributed by atoms with Crippen molar-refractivity contribution in [3.8, 4) is 0 Å². The first kappa shape index (κ1) is 8.53. The number of rotatable bonds is 1. The molecule has 2 bridgehead atoms. The molecule has 3 aliphatic rings. The molecule has 2 aliphatic carbocycles. The molecule has 0 aromatic rings. The summed E-state index contributed by atoms with van der Waals surface area (Å²) in [6.07, 6.45) is 3.49. The number of hydrogen-bond donors (Lipinski definition) is 2. The Labute approximate surface area is 82.6 Å². The lowest BCUT2D eigenvalue weighted by Crippen LogP contribution is -2.37. The van der Waals surface area contributed by atoms with Crippen LogP contribution in [0.2, 0.25) is 0 Å². The molecule has 2 N–H and O–H groups in total. The minimum absolute atomic E-state index is 0.245. The lowest BCUT2D eigenvalue weighted by atomic mass is 9.85. The van der Waals surface area contributed by atoms with Crippen molar-refractivity contribution < 1.29 is 14.6 Å². The monoisotopic (exact) mass is 197 g/mol. The summed E-state index contributed by atoms with van der Waals surface area (Å²) >= 11 is 0. The molecule has 0 aromatic heterocycles. The second kappa shape index (κ2) is 2.86. The second-order valence-electron chi connectivity index (χ2n) is 4.80. The smallest absolute Gasteiger partial charge is 0.450 e. The zero-order valence-electron chi connectivity index (χ0n) is 7.98. The van der Waals surface area contributed by atoms with Gasteiger partial charge >= 0.3 is 6.16 Å². The number of hydrogen-bond acceptors (Lipinski definition) is 3. The van der Waals surface area contributed by atoms with E-state index < -0.39 is 6.16 Å². The Morgan fingerprint density at radius 1 is 1.29 bits per heavy atom. The van der Waals surface area contributed by atoms with E-state index in [0.29, 0.717) is 12.0 Å². The summed E-state index contributed by atoms with van der Waals surface area (Å²) in [7, 11) is 0. The Hall–Kier alpha value is -0.770. The number of ether oxygens (including phenoxy) is 1. The van der Waals surface area contributed by atoms with Gasteiger partial charge in [0.15, 0.2) is 6.23 Å². The summed E-state index contributed by atoms with van der Waals surface area (Å²) in [6.45, 7) is 0. The fraction of sp³-hybridized carbons (Fsp3) is 0.900. The molecule has 3 fully saturated rings. The number of fused-ring (bicyclic) bond motifs is 5. The lowest BCUT2D eigenvalue weighted by molar-refractivity contribution is 0.0406. The maximum Gasteiger partial charge on any atom is 0.507 e. The van der Waals surface area contributed by atoms with E-state index >= 15 is 0 Å². The Kier molecular flexibility index (Phi) is 1.74. The number of carboxylic acid groups (broad SMARTS) is 1. The molecule has 14 heavy (non-hydrogen) atoms. The van der Waals surface area contributed by atoms with Gasteiger partial charge in [-0.2, -0.15) is 0 Å². The molecule has 0 amide bonds. The Balaban J connectivity index is 1.68. The highest BCUT2D eigenvalue weighted by molar-refractivity contribution is 5.57. The van der Waals surface area contributed by atoms with Crippen LogP contribution < -0.4 is 5.32 Å². The van der Waals surface area contributed by atoms with E-state index in [1.54, 1.807) is 0 Å². The predicted octanol–water partition coefficient (Wildman–Crippen LogP) is 1.42. The van der Waals surface area contributed by atoms with Gasteiger partial charge in [0.25, 0.3) is 0 Å². The topological polar surface area (TPSA) is 58.6 Å². The van der Waals surface area contributed by atoms with Crippen LogP contribution in [0.5, 0.6) is 0 Å². The van der Waals surface area contributed by atoms with Gasteiger partial charge < -0.3 is 9.84 Å². The van der Waals surface area contributed by atoms with Crippen molar-refractivity contribution in [2.45, 2.75) is 38.0 Å². The zero-order chi connectivity index (χ0) is 9.71. The number of nitrogens with one attached hydrogen (secondary N) is 1. The van der Waals surface area contributed by atoms with E-state index in [-0.39, 0.29) is 6.23 Å². The van der Waals surface area contributed by atoms with Gasteiger partial charge in [-0.3, -0.25) is 5.32 Å². The maximum absolute atomic E-state index is 10.4. The SMILES string of the molecule is O=C(O)O[C@H]1C[C@H]2[C@H]3CCC(C3)[C@H]2N1. The zero-order valence-corrected chi connectivity index (χ0v) is 7.98. The molecule has 0 radical (unpaired) electrons. The molecular weight excluding hydrogens is 182 g/mol. The molecule has 78 valence electrons. The fourth-order valence-corrected chi connectivity index (χ4v) is 3.74. The van der Waals surface area contributed by atoms with Crippen LogP contribution >= 0.6 is 0 Å². The minimum Gasteiger partial charge on any atom is -0.450 e. The summed E-state index contributed by atoms with van der Waals surface area (Å²) < 4.78 is 4.78. The van der Waals surface area contributed by atoms with E-state index in [4.69, 9.17) is 9.84 Å². The molecule has 5 atom stereocenters. The standard InChI is InChI=1S/C10H15NO3/c12-10(13)14-8-4-7-5-1-2-6(3-5)9(7)11-8/h5-9,11H,1-4H2,(H,12,13)/t5-,6?,7-,8-,9+/m0/s1. The molecule has 1 heterocycles. The average Bonchev–Trinajstić information content (AvgIpc) is 2.69. The first-order valence-electron chi connectivity index (χ1n) is 5.39. The third-order valence-electron chi connectivity index (χ3n) is 4.20. The molecule has 4 heteroatoms. The van der Waals surface area contributed by atoms with E-state index in [9.17, 15) is 4.79 Å². The van der Waals surface area contributed by atoms with E-state index in [1.807, 2.05) is 0 Å². The molecule has 3 rings (SSSR count). The molecule has 1 unspecified atom stereocenters. The fourth-order valence-electron chi connectivity index (χ4n) is 3.74. The second-order valence-corrected chi connectivity index (χ2v) is 4.80. The molecule has 2 saturated carbocycles. The van der Waals surface area contributed by atoms with Gasteiger partial charge in [0.2, 0.25) is 0 Å². The molecule has 0 aromatic carbocycles. The van der Waals surface area contributed by atoms with Crippen LogP contribution in [0.1, 0.15) is 25.7 Å². The van der Waals surface area contributed by atoms with Crippen LogP contribution in [0.3, 0.4) is 0 Å². The van der Waals surface area contributed by atoms with Crippen molar-refractivity contribution in [1.82, 2.24) is 5.32 Å². The van der Waals surface area contributed by atoms with Crippen LogP contribution in [0, 0.1) is 17.8 Å². The Morgan fingerprint density at radius 3 is 2.79 bits per heavy atom. The van der Waals surface area contributed by atoms with E-state index in [2.05, 4.69) is 5.32 Å². The van der Waals surface area contributed by atoms with Crippen molar-refractivity contribution in [3.05, 3.63) is 0 Å². The normalized spacial score (nSPS) is 49.3. The van der Waals surface area contributed by atoms with Crippen molar-refractivity contribution >= 4 is 6.16 Å². The van der Waals surface area contributed by atoms with Crippen LogP contribution in [0.4, 0.5) is 4.79 Å². The predicted molar refractivity (Wildman–Crippen MR) is 48.8 cm³/mol. The first-order valence-corrected chi connectivity index (χ1v) is 5.39. The summed E-state index contributed by atoms with van der Waals surface area (Å²) in [5, 5.41) is 11.8. The highest BCUT2D eigenvalue weighted by Crippen LogP contribution is 2.52. The molecule has 1 aliphatic heterocycles. The van der Waals surface area contributed by atoms with Crippen LogP contribution in [0.15, 0.2) is 0 Å². The largest absolute Gasteiger partial charge is 0.507 e. The maximum atomic E-state index is 10.4.